The van der Waals surface area contributed by atoms with Crippen molar-refractivity contribution in [3.05, 3.63) is 54.8 Å². The van der Waals surface area contributed by atoms with Crippen molar-refractivity contribution in [3.8, 4) is 0 Å². The van der Waals surface area contributed by atoms with Crippen LogP contribution >= 0.6 is 43.2 Å². The number of rotatable bonds is 4. The zero-order valence-corrected chi connectivity index (χ0v) is 12.8. The average Bonchev–Trinajstić information content (AvgIpc) is 2.69. The molecule has 1 aromatic carbocycles. The van der Waals surface area contributed by atoms with E-state index in [0.29, 0.717) is 6.54 Å². The Hall–Kier alpha value is -0.230. The number of halogens is 3. The molecule has 0 radical (unpaired) electrons. The van der Waals surface area contributed by atoms with Crippen molar-refractivity contribution in [3.63, 3.8) is 0 Å². The Morgan fingerprint density at radius 1 is 1.18 bits per heavy atom. The van der Waals surface area contributed by atoms with Crippen LogP contribution in [0.4, 0.5) is 4.39 Å². The standard InChI is InChI=1S/C12H10Br2FNS/c13-9-4-11(17-7-9)6-16-5-8-3-10(15)1-2-12(8)14/h1-4,7,16H,5-6H2. The van der Waals surface area contributed by atoms with E-state index in [4.69, 9.17) is 0 Å². The summed E-state index contributed by atoms with van der Waals surface area (Å²) in [5.74, 6) is -0.205. The summed E-state index contributed by atoms with van der Waals surface area (Å²) < 4.78 is 15.1. The Morgan fingerprint density at radius 3 is 2.71 bits per heavy atom. The molecule has 1 heterocycles. The van der Waals surface area contributed by atoms with Crippen molar-refractivity contribution < 1.29 is 4.39 Å². The monoisotopic (exact) mass is 377 g/mol. The fourth-order valence-electron chi connectivity index (χ4n) is 1.45. The molecule has 0 aliphatic carbocycles. The van der Waals surface area contributed by atoms with Gasteiger partial charge in [0.2, 0.25) is 0 Å². The van der Waals surface area contributed by atoms with Crippen LogP contribution in [0, 0.1) is 5.82 Å². The van der Waals surface area contributed by atoms with Gasteiger partial charge in [0.25, 0.3) is 0 Å². The van der Waals surface area contributed by atoms with Gasteiger partial charge in [0.15, 0.2) is 0 Å². The average molecular weight is 379 g/mol. The Kier molecular flexibility index (Phi) is 4.73. The highest BCUT2D eigenvalue weighted by Crippen LogP contribution is 2.20. The number of nitrogens with one attached hydrogen (secondary N) is 1. The fourth-order valence-corrected chi connectivity index (χ4v) is 3.25. The summed E-state index contributed by atoms with van der Waals surface area (Å²) in [5.41, 5.74) is 0.931. The van der Waals surface area contributed by atoms with E-state index < -0.39 is 0 Å². The maximum atomic E-state index is 13.0. The van der Waals surface area contributed by atoms with Crippen molar-refractivity contribution in [1.29, 1.82) is 0 Å². The van der Waals surface area contributed by atoms with Gasteiger partial charge in [0.1, 0.15) is 5.82 Å². The van der Waals surface area contributed by atoms with E-state index in [1.54, 1.807) is 23.5 Å². The Labute approximate surface area is 120 Å². The van der Waals surface area contributed by atoms with Crippen LogP contribution in [-0.2, 0) is 13.1 Å². The van der Waals surface area contributed by atoms with Crippen LogP contribution in [0.15, 0.2) is 38.6 Å². The minimum absolute atomic E-state index is 0.205. The molecule has 90 valence electrons. The lowest BCUT2D eigenvalue weighted by molar-refractivity contribution is 0.620. The van der Waals surface area contributed by atoms with E-state index in [1.165, 1.54) is 10.9 Å². The second-order valence-electron chi connectivity index (χ2n) is 3.57. The van der Waals surface area contributed by atoms with Crippen LogP contribution in [-0.4, -0.2) is 0 Å². The maximum absolute atomic E-state index is 13.0. The molecule has 0 aliphatic heterocycles. The second kappa shape index (κ2) is 6.09. The highest BCUT2D eigenvalue weighted by Gasteiger charge is 2.02. The summed E-state index contributed by atoms with van der Waals surface area (Å²) in [6.45, 7) is 1.44. The van der Waals surface area contributed by atoms with E-state index >= 15 is 0 Å². The molecular weight excluding hydrogens is 369 g/mol. The molecule has 2 rings (SSSR count). The van der Waals surface area contributed by atoms with Gasteiger partial charge in [-0.25, -0.2) is 4.39 Å². The SMILES string of the molecule is Fc1ccc(Br)c(CNCc2cc(Br)cs2)c1. The highest BCUT2D eigenvalue weighted by atomic mass is 79.9. The number of benzene rings is 1. The second-order valence-corrected chi connectivity index (χ2v) is 6.34. The van der Waals surface area contributed by atoms with E-state index in [9.17, 15) is 4.39 Å². The Bertz CT molecular complexity index is 513. The molecular formula is C12H10Br2FNS. The van der Waals surface area contributed by atoms with Crippen LogP contribution in [0.25, 0.3) is 0 Å². The van der Waals surface area contributed by atoms with Crippen LogP contribution in [0.3, 0.4) is 0 Å². The van der Waals surface area contributed by atoms with Gasteiger partial charge in [-0.2, -0.15) is 0 Å². The summed E-state index contributed by atoms with van der Waals surface area (Å²) in [6.07, 6.45) is 0. The van der Waals surface area contributed by atoms with Gasteiger partial charge in [-0.3, -0.25) is 0 Å². The normalized spacial score (nSPS) is 10.8. The van der Waals surface area contributed by atoms with Crippen molar-refractivity contribution in [1.82, 2.24) is 5.32 Å². The van der Waals surface area contributed by atoms with Crippen LogP contribution in [0.2, 0.25) is 0 Å². The molecule has 2 aromatic rings. The molecule has 0 amide bonds. The first-order chi connectivity index (χ1) is 8.15. The zero-order chi connectivity index (χ0) is 12.3. The molecule has 5 heteroatoms. The molecule has 0 unspecified atom stereocenters. The summed E-state index contributed by atoms with van der Waals surface area (Å²) in [6, 6.07) is 6.80. The Morgan fingerprint density at radius 2 is 2.00 bits per heavy atom. The fraction of sp³-hybridized carbons (Fsp3) is 0.167. The van der Waals surface area contributed by atoms with E-state index in [1.807, 2.05) is 0 Å². The number of thiophene rings is 1. The van der Waals surface area contributed by atoms with Gasteiger partial charge < -0.3 is 5.32 Å². The summed E-state index contributed by atoms with van der Waals surface area (Å²) in [4.78, 5) is 1.25. The van der Waals surface area contributed by atoms with Gasteiger partial charge >= 0.3 is 0 Å². The van der Waals surface area contributed by atoms with Gasteiger partial charge in [-0.1, -0.05) is 15.9 Å². The van der Waals surface area contributed by atoms with Crippen LogP contribution in [0.1, 0.15) is 10.4 Å². The van der Waals surface area contributed by atoms with Crippen molar-refractivity contribution >= 4 is 43.2 Å². The minimum atomic E-state index is -0.205. The first-order valence-electron chi connectivity index (χ1n) is 5.03. The Balaban J connectivity index is 1.91. The first kappa shape index (κ1) is 13.2. The van der Waals surface area contributed by atoms with Crippen LogP contribution < -0.4 is 5.32 Å². The number of hydrogen-bond donors (Lipinski definition) is 1. The quantitative estimate of drug-likeness (QED) is 0.812. The smallest absolute Gasteiger partial charge is 0.123 e. The summed E-state index contributed by atoms with van der Waals surface area (Å²) in [5, 5.41) is 5.34. The van der Waals surface area contributed by atoms with Gasteiger partial charge in [0.05, 0.1) is 0 Å². The molecule has 17 heavy (non-hydrogen) atoms. The van der Waals surface area contributed by atoms with Crippen molar-refractivity contribution in [2.45, 2.75) is 13.1 Å². The third kappa shape index (κ3) is 3.88. The molecule has 0 spiro atoms. The molecule has 0 saturated heterocycles. The lowest BCUT2D eigenvalue weighted by Gasteiger charge is -2.06. The third-order valence-electron chi connectivity index (χ3n) is 2.24. The summed E-state index contributed by atoms with van der Waals surface area (Å²) >= 11 is 8.52. The van der Waals surface area contributed by atoms with Crippen molar-refractivity contribution in [2.75, 3.05) is 0 Å². The molecule has 1 nitrogen and oxygen atoms in total. The topological polar surface area (TPSA) is 12.0 Å². The number of hydrogen-bond acceptors (Lipinski definition) is 2. The van der Waals surface area contributed by atoms with E-state index in [0.717, 1.165) is 21.1 Å². The predicted octanol–water partition coefficient (Wildman–Crippen LogP) is 4.70. The predicted molar refractivity (Wildman–Crippen MR) is 76.7 cm³/mol. The van der Waals surface area contributed by atoms with Crippen molar-refractivity contribution in [2.24, 2.45) is 0 Å². The first-order valence-corrected chi connectivity index (χ1v) is 7.49. The maximum Gasteiger partial charge on any atom is 0.123 e. The lowest BCUT2D eigenvalue weighted by atomic mass is 10.2. The molecule has 0 fully saturated rings. The van der Waals surface area contributed by atoms with E-state index in [-0.39, 0.29) is 5.82 Å². The molecule has 0 bridgehead atoms. The largest absolute Gasteiger partial charge is 0.308 e. The highest BCUT2D eigenvalue weighted by molar-refractivity contribution is 9.10. The molecule has 0 saturated carbocycles. The van der Waals surface area contributed by atoms with Gasteiger partial charge in [-0.05, 0) is 45.8 Å². The molecule has 0 aliphatic rings. The molecule has 0 atom stereocenters. The van der Waals surface area contributed by atoms with E-state index in [2.05, 4.69) is 48.6 Å². The molecule has 1 aromatic heterocycles. The minimum Gasteiger partial charge on any atom is -0.308 e. The van der Waals surface area contributed by atoms with Gasteiger partial charge in [0, 0.05) is 32.3 Å². The lowest BCUT2D eigenvalue weighted by Crippen LogP contribution is -2.12. The summed E-state index contributed by atoms with van der Waals surface area (Å²) in [7, 11) is 0. The van der Waals surface area contributed by atoms with Gasteiger partial charge in [-0.15, -0.1) is 11.3 Å². The third-order valence-corrected chi connectivity index (χ3v) is 4.72. The van der Waals surface area contributed by atoms with Crippen LogP contribution in [0.5, 0.6) is 0 Å². The molecule has 1 N–H and O–H groups in total. The zero-order valence-electron chi connectivity index (χ0n) is 8.84.